The summed E-state index contributed by atoms with van der Waals surface area (Å²) in [4.78, 5) is 59.5. The van der Waals surface area contributed by atoms with Gasteiger partial charge in [-0.3, -0.25) is 9.59 Å². The summed E-state index contributed by atoms with van der Waals surface area (Å²) in [6.45, 7) is 10.5. The van der Waals surface area contributed by atoms with Gasteiger partial charge in [0.05, 0.1) is 39.5 Å². The lowest BCUT2D eigenvalue weighted by Gasteiger charge is -2.33. The van der Waals surface area contributed by atoms with Gasteiger partial charge in [-0.2, -0.15) is 0 Å². The summed E-state index contributed by atoms with van der Waals surface area (Å²) in [5.74, 6) is -0.0138. The van der Waals surface area contributed by atoms with Crippen LogP contribution in [0.25, 0.3) is 11.1 Å². The number of hydrogen-bond donors (Lipinski definition) is 4. The van der Waals surface area contributed by atoms with Crippen LogP contribution in [0.2, 0.25) is 0 Å². The minimum absolute atomic E-state index is 0.0186. The first-order valence-corrected chi connectivity index (χ1v) is 20.1. The molecule has 4 N–H and O–H groups in total. The number of pyridine rings is 1. The second-order valence-corrected chi connectivity index (χ2v) is 15.5. The highest BCUT2D eigenvalue weighted by Gasteiger charge is 2.36. The number of carbonyl (C=O) groups excluding carboxylic acids is 4. The fraction of sp³-hybridized carbons (Fsp3) is 0.400. The van der Waals surface area contributed by atoms with Crippen LogP contribution in [0.4, 0.5) is 32.5 Å². The number of carbonyl (C=O) groups is 4. The van der Waals surface area contributed by atoms with Crippen molar-refractivity contribution in [3.8, 4) is 11.1 Å². The Bertz CT molecular complexity index is 1940. The number of methoxy groups -OCH3 is 2. The predicted molar refractivity (Wildman–Crippen MR) is 228 cm³/mol. The van der Waals surface area contributed by atoms with Crippen molar-refractivity contribution < 1.29 is 33.4 Å². The van der Waals surface area contributed by atoms with Crippen molar-refractivity contribution >= 4 is 46.9 Å². The van der Waals surface area contributed by atoms with Gasteiger partial charge in [0.2, 0.25) is 11.8 Å². The van der Waals surface area contributed by atoms with Crippen molar-refractivity contribution in [3.63, 3.8) is 0 Å². The summed E-state index contributed by atoms with van der Waals surface area (Å²) in [5, 5.41) is 11.1. The van der Waals surface area contributed by atoms with Crippen molar-refractivity contribution in [2.45, 2.75) is 64.7 Å². The van der Waals surface area contributed by atoms with Gasteiger partial charge in [0.15, 0.2) is 0 Å². The molecule has 14 heteroatoms. The van der Waals surface area contributed by atoms with Crippen molar-refractivity contribution in [1.29, 1.82) is 0 Å². The number of rotatable bonds is 13. The van der Waals surface area contributed by atoms with Crippen molar-refractivity contribution in [2.75, 3.05) is 61.0 Å². The van der Waals surface area contributed by atoms with Crippen LogP contribution in [-0.2, 0) is 23.8 Å². The summed E-state index contributed by atoms with van der Waals surface area (Å²) in [6.07, 6.45) is 2.34. The lowest BCUT2D eigenvalue weighted by atomic mass is 10.0. The molecule has 4 aromatic rings. The second-order valence-electron chi connectivity index (χ2n) is 15.5. The highest BCUT2D eigenvalue weighted by atomic mass is 16.5. The van der Waals surface area contributed by atoms with E-state index in [4.69, 9.17) is 19.2 Å². The fourth-order valence-electron chi connectivity index (χ4n) is 7.65. The van der Waals surface area contributed by atoms with Gasteiger partial charge in [-0.15, -0.1) is 0 Å². The Morgan fingerprint density at radius 3 is 1.51 bits per heavy atom. The molecule has 0 bridgehead atoms. The van der Waals surface area contributed by atoms with E-state index in [1.165, 1.54) is 14.2 Å². The Labute approximate surface area is 346 Å². The number of morpholine rings is 1. The maximum atomic E-state index is 13.2. The molecule has 2 aliphatic rings. The zero-order valence-electron chi connectivity index (χ0n) is 34.6. The third-order valence-electron chi connectivity index (χ3n) is 10.9. The normalized spacial score (nSPS) is 17.6. The fourth-order valence-corrected chi connectivity index (χ4v) is 7.65. The van der Waals surface area contributed by atoms with Gasteiger partial charge < -0.3 is 45.3 Å². The molecule has 1 aromatic heterocycles. The lowest BCUT2D eigenvalue weighted by molar-refractivity contribution is -0.119. The van der Waals surface area contributed by atoms with Gasteiger partial charge in [0.1, 0.15) is 17.9 Å². The topological polar surface area (TPSA) is 163 Å². The monoisotopic (exact) mass is 805 g/mol. The first-order valence-electron chi connectivity index (χ1n) is 20.1. The van der Waals surface area contributed by atoms with E-state index < -0.39 is 24.3 Å². The molecule has 2 aliphatic heterocycles. The van der Waals surface area contributed by atoms with E-state index in [9.17, 15) is 19.2 Å². The van der Waals surface area contributed by atoms with E-state index in [0.29, 0.717) is 24.6 Å². The van der Waals surface area contributed by atoms with Crippen molar-refractivity contribution in [3.05, 3.63) is 102 Å². The van der Waals surface area contributed by atoms with E-state index in [2.05, 4.69) is 67.5 Å². The van der Waals surface area contributed by atoms with Gasteiger partial charge in [0, 0.05) is 41.9 Å². The predicted octanol–water partition coefficient (Wildman–Crippen LogP) is 7.31. The number of alkyl carbamates (subject to hydrolysis) is 2. The quantitative estimate of drug-likeness (QED) is 0.108. The Morgan fingerprint density at radius 1 is 0.644 bits per heavy atom. The zero-order valence-corrected chi connectivity index (χ0v) is 34.6. The van der Waals surface area contributed by atoms with Crippen LogP contribution < -0.4 is 31.1 Å². The van der Waals surface area contributed by atoms with E-state index in [-0.39, 0.29) is 35.7 Å². The van der Waals surface area contributed by atoms with E-state index in [1.54, 1.807) is 0 Å². The SMILES string of the molecule is COC(=O)N[C@H](C(=O)Nc1ccc([C@H]2CC[C@H](c3ccc(NC(=O)[C@@H](NC(=O)OC)C(C)C)cc3)N2c2ccc(-c3ccc(N4CCOCC4)nc3)cc2)cc1)C(C)C. The Hall–Kier alpha value is -6.15. The van der Waals surface area contributed by atoms with Gasteiger partial charge in [-0.25, -0.2) is 14.6 Å². The average Bonchev–Trinajstić information content (AvgIpc) is 3.70. The molecule has 2 saturated heterocycles. The largest absolute Gasteiger partial charge is 0.453 e. The molecule has 0 radical (unpaired) electrons. The molecule has 4 amide bonds. The van der Waals surface area contributed by atoms with Crippen LogP contribution in [0.1, 0.15) is 63.7 Å². The van der Waals surface area contributed by atoms with Crippen LogP contribution in [0.15, 0.2) is 91.1 Å². The molecule has 14 nitrogen and oxygen atoms in total. The van der Waals surface area contributed by atoms with Gasteiger partial charge in [0.25, 0.3) is 0 Å². The minimum atomic E-state index is -0.762. The number of amides is 4. The van der Waals surface area contributed by atoms with E-state index >= 15 is 0 Å². The van der Waals surface area contributed by atoms with E-state index in [1.807, 2.05) is 82.4 Å². The second kappa shape index (κ2) is 19.5. The summed E-state index contributed by atoms with van der Waals surface area (Å²) in [5.41, 5.74) is 6.56. The van der Waals surface area contributed by atoms with Crippen molar-refractivity contribution in [1.82, 2.24) is 15.6 Å². The molecule has 59 heavy (non-hydrogen) atoms. The maximum absolute atomic E-state index is 13.2. The molecule has 312 valence electrons. The summed E-state index contributed by atoms with van der Waals surface area (Å²) >= 11 is 0. The average molecular weight is 806 g/mol. The molecule has 2 fully saturated rings. The third-order valence-corrected chi connectivity index (χ3v) is 10.9. The summed E-state index contributed by atoms with van der Waals surface area (Å²) in [7, 11) is 2.53. The van der Waals surface area contributed by atoms with Gasteiger partial charge in [-0.05, 0) is 89.9 Å². The van der Waals surface area contributed by atoms with Crippen molar-refractivity contribution in [2.24, 2.45) is 11.8 Å². The van der Waals surface area contributed by atoms with Crippen LogP contribution in [0.5, 0.6) is 0 Å². The van der Waals surface area contributed by atoms with Gasteiger partial charge in [-0.1, -0.05) is 64.1 Å². The molecule has 6 rings (SSSR count). The molecular formula is C45H55N7O7. The smallest absolute Gasteiger partial charge is 0.407 e. The first kappa shape index (κ1) is 42.5. The first-order chi connectivity index (χ1) is 28.4. The molecule has 3 aromatic carbocycles. The molecule has 0 unspecified atom stereocenters. The number of aromatic nitrogens is 1. The number of ether oxygens (including phenoxy) is 3. The van der Waals surface area contributed by atoms with Gasteiger partial charge >= 0.3 is 12.2 Å². The molecule has 3 heterocycles. The highest BCUT2D eigenvalue weighted by molar-refractivity contribution is 5.97. The lowest BCUT2D eigenvalue weighted by Crippen LogP contribution is -2.47. The number of nitrogens with one attached hydrogen (secondary N) is 4. The standard InChI is InChI=1S/C45H55N7O7/c1-28(2)40(49-44(55)57-5)42(53)47-34-14-7-31(8-15-34)37-20-21-38(32-9-16-35(17-10-32)48-43(54)41(29(3)4)50-45(56)58-6)52(37)36-18-11-30(12-19-36)33-13-22-39(46-27-33)51-23-25-59-26-24-51/h7-19,22,27-29,37-38,40-41H,20-21,23-26H2,1-6H3,(H,47,53)(H,48,54)(H,49,55)(H,50,56)/t37-,38-,40+,41+/m1/s1. The summed E-state index contributed by atoms with van der Waals surface area (Å²) in [6, 6.07) is 27.0. The third kappa shape index (κ3) is 10.5. The Morgan fingerprint density at radius 2 is 1.10 bits per heavy atom. The minimum Gasteiger partial charge on any atom is -0.453 e. The van der Waals surface area contributed by atoms with Crippen LogP contribution in [-0.4, -0.2) is 81.6 Å². The Kier molecular flexibility index (Phi) is 14.1. The summed E-state index contributed by atoms with van der Waals surface area (Å²) < 4.78 is 14.9. The molecule has 0 saturated carbocycles. The molecule has 0 spiro atoms. The Balaban J connectivity index is 1.24. The highest BCUT2D eigenvalue weighted by Crippen LogP contribution is 2.47. The molecule has 0 aliphatic carbocycles. The zero-order chi connectivity index (χ0) is 42.1. The molecular weight excluding hydrogens is 751 g/mol. The molecule has 4 atom stereocenters. The van der Waals surface area contributed by atoms with E-state index in [0.717, 1.165) is 59.7 Å². The number of hydrogen-bond acceptors (Lipinski definition) is 10. The number of nitrogens with zero attached hydrogens (tertiary/aromatic N) is 3. The maximum Gasteiger partial charge on any atom is 0.407 e. The number of anilines is 4. The van der Waals surface area contributed by atoms with Crippen LogP contribution >= 0.6 is 0 Å². The van der Waals surface area contributed by atoms with Crippen LogP contribution in [0.3, 0.4) is 0 Å². The van der Waals surface area contributed by atoms with Crippen LogP contribution in [0, 0.1) is 11.8 Å². The number of benzene rings is 3.